The Morgan fingerprint density at radius 1 is 1.00 bits per heavy atom. The first-order valence-electron chi connectivity index (χ1n) is 4.92. The molecule has 0 aliphatic heterocycles. The lowest BCUT2D eigenvalue weighted by Crippen LogP contribution is -2.24. The molecule has 0 radical (unpaired) electrons. The number of halogens is 6. The van der Waals surface area contributed by atoms with Crippen LogP contribution in [0.1, 0.15) is 18.1 Å². The van der Waals surface area contributed by atoms with Crippen LogP contribution in [0.25, 0.3) is 0 Å². The van der Waals surface area contributed by atoms with Crippen molar-refractivity contribution < 1.29 is 34.8 Å². The van der Waals surface area contributed by atoms with Gasteiger partial charge in [0, 0.05) is 0 Å². The SMILES string of the molecule is CCc1cc(C(F)(F)F)cc(S(=O)(=O)C(F)(F)F)c1. The van der Waals surface area contributed by atoms with E-state index in [4.69, 9.17) is 0 Å². The van der Waals surface area contributed by atoms with Gasteiger partial charge in [-0.25, -0.2) is 8.42 Å². The van der Waals surface area contributed by atoms with Crippen LogP contribution in [0.3, 0.4) is 0 Å². The van der Waals surface area contributed by atoms with E-state index in [0.29, 0.717) is 12.1 Å². The number of hydrogen-bond acceptors (Lipinski definition) is 2. The van der Waals surface area contributed by atoms with E-state index in [1.165, 1.54) is 6.92 Å². The first kappa shape index (κ1) is 15.8. The summed E-state index contributed by atoms with van der Waals surface area (Å²) in [7, 11) is -5.79. The molecular weight excluding hydrogens is 298 g/mol. The van der Waals surface area contributed by atoms with Gasteiger partial charge in [-0.15, -0.1) is 0 Å². The molecule has 0 aromatic heterocycles. The van der Waals surface area contributed by atoms with Gasteiger partial charge in [0.1, 0.15) is 0 Å². The zero-order chi connectivity index (χ0) is 15.1. The van der Waals surface area contributed by atoms with Crippen molar-refractivity contribution in [1.29, 1.82) is 0 Å². The maximum absolute atomic E-state index is 12.5. The second-order valence-corrected chi connectivity index (χ2v) is 5.61. The molecule has 0 fully saturated rings. The van der Waals surface area contributed by atoms with E-state index in [-0.39, 0.29) is 18.1 Å². The van der Waals surface area contributed by atoms with Gasteiger partial charge in [-0.05, 0) is 30.2 Å². The monoisotopic (exact) mass is 306 g/mol. The van der Waals surface area contributed by atoms with Gasteiger partial charge in [0.25, 0.3) is 9.84 Å². The zero-order valence-corrected chi connectivity index (χ0v) is 10.2. The third-order valence-corrected chi connectivity index (χ3v) is 3.78. The van der Waals surface area contributed by atoms with Crippen molar-refractivity contribution in [2.45, 2.75) is 29.9 Å². The van der Waals surface area contributed by atoms with Crippen LogP contribution in [0, 0.1) is 0 Å². The summed E-state index contributed by atoms with van der Waals surface area (Å²) >= 11 is 0. The van der Waals surface area contributed by atoms with Crippen LogP contribution in [-0.2, 0) is 22.4 Å². The summed E-state index contributed by atoms with van der Waals surface area (Å²) in [4.78, 5) is -1.40. The third kappa shape index (κ3) is 3.20. The Bertz CT molecular complexity index is 571. The first-order valence-corrected chi connectivity index (χ1v) is 6.40. The van der Waals surface area contributed by atoms with Crippen molar-refractivity contribution in [3.63, 3.8) is 0 Å². The molecule has 19 heavy (non-hydrogen) atoms. The van der Waals surface area contributed by atoms with Crippen LogP contribution >= 0.6 is 0 Å². The second-order valence-electron chi connectivity index (χ2n) is 3.67. The Morgan fingerprint density at radius 3 is 1.89 bits per heavy atom. The van der Waals surface area contributed by atoms with Gasteiger partial charge in [0.15, 0.2) is 0 Å². The van der Waals surface area contributed by atoms with Crippen LogP contribution in [0.2, 0.25) is 0 Å². The van der Waals surface area contributed by atoms with E-state index in [0.717, 1.165) is 0 Å². The van der Waals surface area contributed by atoms with Crippen molar-refractivity contribution >= 4 is 9.84 Å². The second kappa shape index (κ2) is 4.69. The molecule has 9 heteroatoms. The summed E-state index contributed by atoms with van der Waals surface area (Å²) in [6, 6.07) is 1.20. The highest BCUT2D eigenvalue weighted by Gasteiger charge is 2.47. The lowest BCUT2D eigenvalue weighted by atomic mass is 10.1. The van der Waals surface area contributed by atoms with E-state index in [1.54, 1.807) is 0 Å². The van der Waals surface area contributed by atoms with Crippen molar-refractivity contribution in [3.05, 3.63) is 29.3 Å². The molecule has 0 unspecified atom stereocenters. The number of sulfone groups is 1. The average molecular weight is 306 g/mol. The fourth-order valence-corrected chi connectivity index (χ4v) is 2.17. The molecule has 1 aromatic carbocycles. The summed E-state index contributed by atoms with van der Waals surface area (Å²) in [6.07, 6.45) is -4.94. The minimum atomic E-state index is -5.79. The number of benzene rings is 1. The Hall–Kier alpha value is -1.25. The number of alkyl halides is 6. The van der Waals surface area contributed by atoms with Crippen LogP contribution < -0.4 is 0 Å². The Labute approximate surface area is 105 Å². The topological polar surface area (TPSA) is 34.1 Å². The molecule has 0 atom stereocenters. The quantitative estimate of drug-likeness (QED) is 0.783. The highest BCUT2D eigenvalue weighted by molar-refractivity contribution is 7.92. The maximum Gasteiger partial charge on any atom is 0.501 e. The van der Waals surface area contributed by atoms with Gasteiger partial charge in [0.2, 0.25) is 0 Å². The van der Waals surface area contributed by atoms with Crippen LogP contribution in [0.5, 0.6) is 0 Å². The van der Waals surface area contributed by atoms with Gasteiger partial charge in [-0.1, -0.05) is 6.92 Å². The molecule has 0 bridgehead atoms. The molecule has 0 saturated carbocycles. The first-order chi connectivity index (χ1) is 8.39. The van der Waals surface area contributed by atoms with E-state index in [2.05, 4.69) is 0 Å². The summed E-state index contributed by atoms with van der Waals surface area (Å²) < 4.78 is 96.6. The molecule has 108 valence electrons. The fraction of sp³-hybridized carbons (Fsp3) is 0.400. The predicted molar refractivity (Wildman–Crippen MR) is 54.1 cm³/mol. The third-order valence-electron chi connectivity index (χ3n) is 2.32. The van der Waals surface area contributed by atoms with E-state index in [9.17, 15) is 34.8 Å². The molecule has 0 heterocycles. The molecule has 0 N–H and O–H groups in total. The number of aryl methyl sites for hydroxylation is 1. The van der Waals surface area contributed by atoms with Gasteiger partial charge >= 0.3 is 11.7 Å². The molecule has 0 saturated heterocycles. The molecule has 1 aromatic rings. The van der Waals surface area contributed by atoms with Crippen LogP contribution in [-0.4, -0.2) is 13.9 Å². The largest absolute Gasteiger partial charge is 0.501 e. The summed E-state index contributed by atoms with van der Waals surface area (Å²) in [5.41, 5.74) is -7.20. The summed E-state index contributed by atoms with van der Waals surface area (Å²) in [5.74, 6) is 0. The van der Waals surface area contributed by atoms with Crippen molar-refractivity contribution in [1.82, 2.24) is 0 Å². The van der Waals surface area contributed by atoms with Crippen LogP contribution in [0.4, 0.5) is 26.3 Å². The predicted octanol–water partition coefficient (Wildman–Crippen LogP) is 3.56. The van der Waals surface area contributed by atoms with E-state index < -0.39 is 32.0 Å². The van der Waals surface area contributed by atoms with Crippen molar-refractivity contribution in [3.8, 4) is 0 Å². The zero-order valence-electron chi connectivity index (χ0n) is 9.43. The normalized spacial score (nSPS) is 13.6. The minimum Gasteiger partial charge on any atom is -0.214 e. The Balaban J connectivity index is 3.55. The Morgan fingerprint density at radius 2 is 1.53 bits per heavy atom. The maximum atomic E-state index is 12.5. The standard InChI is InChI=1S/C10H8F6O2S/c1-2-6-3-7(9(11,12)13)5-8(4-6)19(17,18)10(14,15)16/h3-5H,2H2,1H3. The molecule has 0 aliphatic rings. The summed E-state index contributed by atoms with van der Waals surface area (Å²) in [6.45, 7) is 1.40. The van der Waals surface area contributed by atoms with Gasteiger partial charge in [-0.3, -0.25) is 0 Å². The smallest absolute Gasteiger partial charge is 0.214 e. The molecule has 0 spiro atoms. The summed E-state index contributed by atoms with van der Waals surface area (Å²) in [5, 5.41) is 0. The molecule has 1 rings (SSSR count). The van der Waals surface area contributed by atoms with Crippen molar-refractivity contribution in [2.24, 2.45) is 0 Å². The number of hydrogen-bond donors (Lipinski definition) is 0. The highest BCUT2D eigenvalue weighted by Crippen LogP contribution is 2.35. The van der Waals surface area contributed by atoms with E-state index in [1.807, 2.05) is 0 Å². The molecular formula is C10H8F6O2S. The highest BCUT2D eigenvalue weighted by atomic mass is 32.2. The lowest BCUT2D eigenvalue weighted by Gasteiger charge is -2.13. The van der Waals surface area contributed by atoms with E-state index >= 15 is 0 Å². The minimum absolute atomic E-state index is 0.0119. The lowest BCUT2D eigenvalue weighted by molar-refractivity contribution is -0.137. The van der Waals surface area contributed by atoms with Crippen molar-refractivity contribution in [2.75, 3.05) is 0 Å². The van der Waals surface area contributed by atoms with Crippen LogP contribution in [0.15, 0.2) is 23.1 Å². The number of rotatable bonds is 2. The molecule has 0 amide bonds. The average Bonchev–Trinajstić information content (AvgIpc) is 2.25. The van der Waals surface area contributed by atoms with Gasteiger partial charge in [0.05, 0.1) is 10.5 Å². The van der Waals surface area contributed by atoms with Gasteiger partial charge in [-0.2, -0.15) is 26.3 Å². The molecule has 2 nitrogen and oxygen atoms in total. The molecule has 0 aliphatic carbocycles. The van der Waals surface area contributed by atoms with Gasteiger partial charge < -0.3 is 0 Å². The fourth-order valence-electron chi connectivity index (χ4n) is 1.32. The Kier molecular flexibility index (Phi) is 3.91.